The van der Waals surface area contributed by atoms with E-state index in [1.165, 1.54) is 12.1 Å². The number of ether oxygens (including phenoxy) is 2. The van der Waals surface area contributed by atoms with E-state index >= 15 is 0 Å². The van der Waals surface area contributed by atoms with Gasteiger partial charge in [-0.15, -0.1) is 0 Å². The average molecular weight is 714 g/mol. The molecule has 2 rings (SSSR count). The second-order valence-electron chi connectivity index (χ2n) is 4.75. The molecule has 0 aliphatic rings. The molecule has 0 aliphatic heterocycles. The molecular formula is C15H9I3O7S. The molecule has 11 heteroatoms. The summed E-state index contributed by atoms with van der Waals surface area (Å²) in [6.45, 7) is -0.600. The molecule has 0 spiro atoms. The maximum atomic E-state index is 12.1. The molecule has 0 saturated carbocycles. The zero-order valence-electron chi connectivity index (χ0n) is 12.6. The number of benzene rings is 2. The molecule has 0 unspecified atom stereocenters. The molecule has 2 aromatic rings. The number of rotatable bonds is 5. The fourth-order valence-corrected chi connectivity index (χ4v) is 4.60. The third-order valence-corrected chi connectivity index (χ3v) is 7.42. The van der Waals surface area contributed by atoms with Gasteiger partial charge in [0.1, 0.15) is 5.75 Å². The molecular weight excluding hydrogens is 705 g/mol. The minimum absolute atomic E-state index is 0.0526. The van der Waals surface area contributed by atoms with Gasteiger partial charge < -0.3 is 9.47 Å². The molecule has 26 heavy (non-hydrogen) atoms. The summed E-state index contributed by atoms with van der Waals surface area (Å²) < 4.78 is 43.2. The Kier molecular flexibility index (Phi) is 7.63. The van der Waals surface area contributed by atoms with Crippen LogP contribution in [0.2, 0.25) is 0 Å². The van der Waals surface area contributed by atoms with Crippen LogP contribution in [-0.2, 0) is 19.6 Å². The van der Waals surface area contributed by atoms with Gasteiger partial charge in [-0.2, -0.15) is 8.42 Å². The average Bonchev–Trinajstić information content (AvgIpc) is 2.55. The number of carbonyl (C=O) groups is 2. The van der Waals surface area contributed by atoms with E-state index in [0.29, 0.717) is 5.56 Å². The monoisotopic (exact) mass is 714 g/mol. The van der Waals surface area contributed by atoms with E-state index in [1.54, 1.807) is 6.07 Å². The maximum Gasteiger partial charge on any atom is 0.349 e. The smallest absolute Gasteiger partial charge is 0.349 e. The van der Waals surface area contributed by atoms with E-state index in [2.05, 4.69) is 45.2 Å². The summed E-state index contributed by atoms with van der Waals surface area (Å²) in [5, 5.41) is 0. The highest BCUT2D eigenvalue weighted by atomic mass is 127. The second-order valence-corrected chi connectivity index (χ2v) is 9.65. The first-order valence-electron chi connectivity index (χ1n) is 6.68. The van der Waals surface area contributed by atoms with Crippen molar-refractivity contribution in [3.8, 4) is 5.75 Å². The summed E-state index contributed by atoms with van der Waals surface area (Å²) in [7, 11) is -4.32. The summed E-state index contributed by atoms with van der Waals surface area (Å²) >= 11 is 6.20. The van der Waals surface area contributed by atoms with Gasteiger partial charge in [0, 0.05) is 10.7 Å². The summed E-state index contributed by atoms with van der Waals surface area (Å²) in [4.78, 5) is 23.6. The molecule has 0 fully saturated rings. The standard InChI is InChI=1S/C15H9I3O7S/c16-8-5-11(14(18)12(17)6-8)15(20)24-7-13(19)25-9-1-3-10(4-2-9)26(21,22)23/h1-6H,7H2,(H,21,22,23). The molecule has 0 saturated heterocycles. The third-order valence-electron chi connectivity index (χ3n) is 2.89. The van der Waals surface area contributed by atoms with Crippen LogP contribution in [0.4, 0.5) is 0 Å². The lowest BCUT2D eigenvalue weighted by atomic mass is 10.2. The van der Waals surface area contributed by atoms with Crippen molar-refractivity contribution in [3.63, 3.8) is 0 Å². The van der Waals surface area contributed by atoms with Crippen molar-refractivity contribution in [3.05, 3.63) is 52.7 Å². The van der Waals surface area contributed by atoms with Crippen LogP contribution in [-0.4, -0.2) is 31.5 Å². The van der Waals surface area contributed by atoms with Crippen LogP contribution in [0.1, 0.15) is 10.4 Å². The van der Waals surface area contributed by atoms with Gasteiger partial charge in [-0.25, -0.2) is 9.59 Å². The topological polar surface area (TPSA) is 107 Å². The highest BCUT2D eigenvalue weighted by Crippen LogP contribution is 2.23. The normalized spacial score (nSPS) is 11.1. The number of esters is 2. The quantitative estimate of drug-likeness (QED) is 0.166. The lowest BCUT2D eigenvalue weighted by Gasteiger charge is -2.09. The number of carbonyl (C=O) groups excluding carboxylic acids is 2. The largest absolute Gasteiger partial charge is 0.450 e. The summed E-state index contributed by atoms with van der Waals surface area (Å²) in [6.07, 6.45) is 0. The first-order chi connectivity index (χ1) is 12.1. The molecule has 7 nitrogen and oxygen atoms in total. The van der Waals surface area contributed by atoms with Crippen LogP contribution in [0, 0.1) is 10.7 Å². The number of halogens is 3. The van der Waals surface area contributed by atoms with Gasteiger partial charge in [-0.3, -0.25) is 4.55 Å². The zero-order chi connectivity index (χ0) is 19.5. The van der Waals surface area contributed by atoms with Crippen LogP contribution in [0.15, 0.2) is 41.3 Å². The van der Waals surface area contributed by atoms with E-state index in [9.17, 15) is 18.0 Å². The SMILES string of the molecule is O=C(COC(=O)c1cc(I)cc(I)c1I)Oc1ccc(S(=O)(=O)O)cc1. The molecule has 0 aromatic heterocycles. The zero-order valence-corrected chi connectivity index (χ0v) is 19.9. The fraction of sp³-hybridized carbons (Fsp3) is 0.0667. The van der Waals surface area contributed by atoms with Crippen molar-refractivity contribution in [2.45, 2.75) is 4.90 Å². The Hall–Kier alpha value is -0.520. The fourth-order valence-electron chi connectivity index (χ4n) is 1.75. The molecule has 0 aliphatic carbocycles. The Morgan fingerprint density at radius 3 is 2.23 bits per heavy atom. The molecule has 0 heterocycles. The van der Waals surface area contributed by atoms with E-state index < -0.39 is 28.7 Å². The lowest BCUT2D eigenvalue weighted by Crippen LogP contribution is -2.19. The highest BCUT2D eigenvalue weighted by Gasteiger charge is 2.17. The van der Waals surface area contributed by atoms with Gasteiger partial charge in [0.25, 0.3) is 10.1 Å². The van der Waals surface area contributed by atoms with Crippen molar-refractivity contribution >= 4 is 89.8 Å². The van der Waals surface area contributed by atoms with Gasteiger partial charge >= 0.3 is 11.9 Å². The summed E-state index contributed by atoms with van der Waals surface area (Å²) in [5.74, 6) is -1.42. The van der Waals surface area contributed by atoms with Crippen LogP contribution < -0.4 is 4.74 Å². The second kappa shape index (κ2) is 9.11. The minimum atomic E-state index is -4.32. The molecule has 138 valence electrons. The Labute approximate surface area is 190 Å². The first-order valence-corrected chi connectivity index (χ1v) is 11.4. The van der Waals surface area contributed by atoms with Crippen molar-refractivity contribution in [1.29, 1.82) is 0 Å². The van der Waals surface area contributed by atoms with Crippen molar-refractivity contribution in [2.24, 2.45) is 0 Å². The van der Waals surface area contributed by atoms with E-state index in [-0.39, 0.29) is 10.6 Å². The molecule has 0 atom stereocenters. The first kappa shape index (κ1) is 21.8. The van der Waals surface area contributed by atoms with Gasteiger partial charge in [-0.05, 0) is 104 Å². The molecule has 0 bridgehead atoms. The lowest BCUT2D eigenvalue weighted by molar-refractivity contribution is -0.137. The van der Waals surface area contributed by atoms with Crippen molar-refractivity contribution in [1.82, 2.24) is 0 Å². The van der Waals surface area contributed by atoms with E-state index in [1.807, 2.05) is 28.7 Å². The Morgan fingerprint density at radius 2 is 1.65 bits per heavy atom. The minimum Gasteiger partial charge on any atom is -0.450 e. The third kappa shape index (κ3) is 6.00. The van der Waals surface area contributed by atoms with Gasteiger partial charge in [0.05, 0.1) is 10.5 Å². The Balaban J connectivity index is 1.98. The van der Waals surface area contributed by atoms with Gasteiger partial charge in [0.15, 0.2) is 6.61 Å². The van der Waals surface area contributed by atoms with Crippen molar-refractivity contribution < 1.29 is 32.0 Å². The predicted octanol–water partition coefficient (Wildman–Crippen LogP) is 3.51. The van der Waals surface area contributed by atoms with Crippen LogP contribution in [0.5, 0.6) is 5.75 Å². The Morgan fingerprint density at radius 1 is 1.04 bits per heavy atom. The van der Waals surface area contributed by atoms with E-state index in [4.69, 9.17) is 14.0 Å². The highest BCUT2D eigenvalue weighted by molar-refractivity contribution is 14.1. The van der Waals surface area contributed by atoms with Gasteiger partial charge in [0.2, 0.25) is 0 Å². The van der Waals surface area contributed by atoms with E-state index in [0.717, 1.165) is 22.8 Å². The molecule has 2 aromatic carbocycles. The Bertz CT molecular complexity index is 956. The molecule has 0 amide bonds. The predicted molar refractivity (Wildman–Crippen MR) is 117 cm³/mol. The van der Waals surface area contributed by atoms with Crippen LogP contribution in [0.25, 0.3) is 0 Å². The van der Waals surface area contributed by atoms with Gasteiger partial charge in [-0.1, -0.05) is 0 Å². The molecule has 0 radical (unpaired) electrons. The van der Waals surface area contributed by atoms with Crippen LogP contribution >= 0.6 is 67.8 Å². The number of hydrogen-bond acceptors (Lipinski definition) is 6. The summed E-state index contributed by atoms with van der Waals surface area (Å²) in [6, 6.07) is 8.14. The van der Waals surface area contributed by atoms with Crippen LogP contribution in [0.3, 0.4) is 0 Å². The molecule has 1 N–H and O–H groups in total. The number of hydrogen-bond donors (Lipinski definition) is 1. The van der Waals surface area contributed by atoms with Crippen molar-refractivity contribution in [2.75, 3.05) is 6.61 Å². The maximum absolute atomic E-state index is 12.1. The summed E-state index contributed by atoms with van der Waals surface area (Å²) in [5.41, 5.74) is 0.354.